The number of carbonyl (C=O) groups is 1. The van der Waals surface area contributed by atoms with Gasteiger partial charge in [0, 0.05) is 18.5 Å². The number of oxazole rings is 1. The van der Waals surface area contributed by atoms with E-state index in [-0.39, 0.29) is 23.8 Å². The van der Waals surface area contributed by atoms with E-state index in [0.717, 1.165) is 16.7 Å². The number of thioether (sulfide) groups is 1. The number of amides is 1. The second kappa shape index (κ2) is 8.85. The number of halogens is 2. The molecule has 0 fully saturated rings. The molecule has 2 aromatic heterocycles. The molecule has 4 rings (SSSR count). The lowest BCUT2D eigenvalue weighted by Gasteiger charge is -2.04. The number of nitrogens with one attached hydrogen (secondary N) is 1. The summed E-state index contributed by atoms with van der Waals surface area (Å²) in [6.07, 6.45) is 0.412. The molecule has 2 aromatic carbocycles. The van der Waals surface area contributed by atoms with Gasteiger partial charge in [0.05, 0.1) is 10.8 Å². The number of hydrogen-bond acceptors (Lipinski definition) is 7. The van der Waals surface area contributed by atoms with Crippen molar-refractivity contribution in [2.45, 2.75) is 30.7 Å². The first-order valence-corrected chi connectivity index (χ1v) is 10.4. The van der Waals surface area contributed by atoms with Crippen LogP contribution in [0.25, 0.3) is 11.1 Å². The molecule has 0 bridgehead atoms. The van der Waals surface area contributed by atoms with E-state index < -0.39 is 5.82 Å². The van der Waals surface area contributed by atoms with Gasteiger partial charge in [-0.1, -0.05) is 34.6 Å². The molecular weight excluding hydrogens is 431 g/mol. The second-order valence-corrected chi connectivity index (χ2v) is 7.85. The molecule has 10 heteroatoms. The molecule has 0 aliphatic carbocycles. The largest absolute Gasteiger partial charge is 0.431 e. The number of benzene rings is 2. The van der Waals surface area contributed by atoms with Crippen LogP contribution in [0.3, 0.4) is 0 Å². The van der Waals surface area contributed by atoms with Crippen molar-refractivity contribution in [1.29, 1.82) is 0 Å². The molecule has 7 nitrogen and oxygen atoms in total. The number of rotatable bonds is 7. The molecule has 2 heterocycles. The standard InChI is InChI=1S/C20H16ClFN4O3S/c1-11-2-5-16-15(8-11)24-20(28-16)30-10-17-25-19(29-26-17)7-6-18(27)23-12-3-4-14(22)13(21)9-12/h2-5,8-9H,6-7,10H2,1H3,(H,23,27). The molecule has 1 amide bonds. The number of fused-ring (bicyclic) bond motifs is 1. The Morgan fingerprint density at radius 1 is 1.23 bits per heavy atom. The maximum Gasteiger partial charge on any atom is 0.257 e. The summed E-state index contributed by atoms with van der Waals surface area (Å²) >= 11 is 7.07. The smallest absolute Gasteiger partial charge is 0.257 e. The number of aromatic nitrogens is 3. The minimum Gasteiger partial charge on any atom is -0.431 e. The summed E-state index contributed by atoms with van der Waals surface area (Å²) in [6, 6.07) is 9.80. The van der Waals surface area contributed by atoms with Gasteiger partial charge in [0.2, 0.25) is 11.8 Å². The Bertz CT molecular complexity index is 1210. The Balaban J connectivity index is 1.28. The molecular formula is C20H16ClFN4O3S. The molecule has 30 heavy (non-hydrogen) atoms. The molecule has 1 N–H and O–H groups in total. The van der Waals surface area contributed by atoms with Crippen LogP contribution in [-0.4, -0.2) is 21.0 Å². The van der Waals surface area contributed by atoms with Crippen LogP contribution < -0.4 is 5.32 Å². The quantitative estimate of drug-likeness (QED) is 0.391. The Hall–Kier alpha value is -2.91. The molecule has 0 saturated heterocycles. The molecule has 154 valence electrons. The van der Waals surface area contributed by atoms with Crippen LogP contribution in [0.2, 0.25) is 5.02 Å². The van der Waals surface area contributed by atoms with Gasteiger partial charge in [-0.3, -0.25) is 4.79 Å². The summed E-state index contributed by atoms with van der Waals surface area (Å²) in [7, 11) is 0. The minimum absolute atomic E-state index is 0.0547. The van der Waals surface area contributed by atoms with Crippen LogP contribution >= 0.6 is 23.4 Å². The zero-order chi connectivity index (χ0) is 21.1. The number of nitrogens with zero attached hydrogens (tertiary/aromatic N) is 3. The van der Waals surface area contributed by atoms with Crippen molar-refractivity contribution >= 4 is 46.1 Å². The van der Waals surface area contributed by atoms with E-state index >= 15 is 0 Å². The zero-order valence-electron chi connectivity index (χ0n) is 15.8. The van der Waals surface area contributed by atoms with Gasteiger partial charge < -0.3 is 14.3 Å². The molecule has 0 unspecified atom stereocenters. The van der Waals surface area contributed by atoms with E-state index in [1.165, 1.54) is 30.0 Å². The summed E-state index contributed by atoms with van der Waals surface area (Å²) in [6.45, 7) is 2.00. The topological polar surface area (TPSA) is 94.0 Å². The lowest BCUT2D eigenvalue weighted by atomic mass is 10.2. The van der Waals surface area contributed by atoms with E-state index in [4.69, 9.17) is 20.5 Å². The van der Waals surface area contributed by atoms with Crippen molar-refractivity contribution in [2.75, 3.05) is 5.32 Å². The Morgan fingerprint density at radius 3 is 2.93 bits per heavy atom. The summed E-state index contributed by atoms with van der Waals surface area (Å²) in [5.41, 5.74) is 3.06. The molecule has 0 aliphatic rings. The monoisotopic (exact) mass is 446 g/mol. The maximum atomic E-state index is 13.2. The summed E-state index contributed by atoms with van der Waals surface area (Å²) in [5.74, 6) is 0.452. The Morgan fingerprint density at radius 2 is 2.10 bits per heavy atom. The van der Waals surface area contributed by atoms with Crippen molar-refractivity contribution in [3.05, 3.63) is 64.5 Å². The number of aryl methyl sites for hydroxylation is 2. The van der Waals surface area contributed by atoms with Gasteiger partial charge in [-0.2, -0.15) is 4.98 Å². The second-order valence-electron chi connectivity index (χ2n) is 6.52. The van der Waals surface area contributed by atoms with Gasteiger partial charge in [0.15, 0.2) is 11.4 Å². The van der Waals surface area contributed by atoms with Gasteiger partial charge in [-0.15, -0.1) is 0 Å². The normalized spacial score (nSPS) is 11.2. The van der Waals surface area contributed by atoms with E-state index in [1.807, 2.05) is 25.1 Å². The van der Waals surface area contributed by atoms with Crippen LogP contribution in [0.5, 0.6) is 0 Å². The van der Waals surface area contributed by atoms with Crippen LogP contribution in [0.15, 0.2) is 50.6 Å². The SMILES string of the molecule is Cc1ccc2oc(SCc3noc(CCC(=O)Nc4ccc(F)c(Cl)c4)n3)nc2c1. The fourth-order valence-electron chi connectivity index (χ4n) is 2.67. The molecule has 0 atom stereocenters. The van der Waals surface area contributed by atoms with E-state index in [2.05, 4.69) is 20.4 Å². The number of carbonyl (C=O) groups excluding carboxylic acids is 1. The lowest BCUT2D eigenvalue weighted by Crippen LogP contribution is -2.12. The number of anilines is 1. The first-order valence-electron chi connectivity index (χ1n) is 9.02. The molecule has 0 spiro atoms. The summed E-state index contributed by atoms with van der Waals surface area (Å²) in [4.78, 5) is 20.8. The van der Waals surface area contributed by atoms with Crippen LogP contribution in [0.1, 0.15) is 23.7 Å². The van der Waals surface area contributed by atoms with Crippen LogP contribution in [-0.2, 0) is 17.0 Å². The average Bonchev–Trinajstić information content (AvgIpc) is 3.33. The minimum atomic E-state index is -0.543. The Labute approximate surface area is 180 Å². The van der Waals surface area contributed by atoms with Crippen molar-refractivity contribution in [1.82, 2.24) is 15.1 Å². The molecule has 0 saturated carbocycles. The third-order valence-corrected chi connectivity index (χ3v) is 5.24. The van der Waals surface area contributed by atoms with Crippen molar-refractivity contribution in [2.24, 2.45) is 0 Å². The van der Waals surface area contributed by atoms with Gasteiger partial charge in [0.25, 0.3) is 5.22 Å². The van der Waals surface area contributed by atoms with Crippen molar-refractivity contribution in [3.63, 3.8) is 0 Å². The third kappa shape index (κ3) is 4.98. The molecule has 4 aromatic rings. The van der Waals surface area contributed by atoms with Crippen molar-refractivity contribution < 1.29 is 18.1 Å². The van der Waals surface area contributed by atoms with Crippen LogP contribution in [0.4, 0.5) is 10.1 Å². The highest BCUT2D eigenvalue weighted by molar-refractivity contribution is 7.98. The predicted molar refractivity (Wildman–Crippen MR) is 111 cm³/mol. The summed E-state index contributed by atoms with van der Waals surface area (Å²) < 4.78 is 24.0. The van der Waals surface area contributed by atoms with E-state index in [0.29, 0.717) is 28.4 Å². The highest BCUT2D eigenvalue weighted by atomic mass is 35.5. The highest BCUT2D eigenvalue weighted by Crippen LogP contribution is 2.26. The highest BCUT2D eigenvalue weighted by Gasteiger charge is 2.13. The van der Waals surface area contributed by atoms with Gasteiger partial charge >= 0.3 is 0 Å². The van der Waals surface area contributed by atoms with Gasteiger partial charge in [-0.05, 0) is 42.8 Å². The maximum absolute atomic E-state index is 13.2. The first kappa shape index (κ1) is 20.4. The fourth-order valence-corrected chi connectivity index (χ4v) is 3.53. The van der Waals surface area contributed by atoms with Gasteiger partial charge in [0.1, 0.15) is 11.3 Å². The fraction of sp³-hybridized carbons (Fsp3) is 0.200. The molecule has 0 aliphatic heterocycles. The predicted octanol–water partition coefficient (Wildman–Crippen LogP) is 5.18. The number of hydrogen-bond donors (Lipinski definition) is 1. The Kier molecular flexibility index (Phi) is 6.01. The summed E-state index contributed by atoms with van der Waals surface area (Å²) in [5, 5.41) is 7.03. The average molecular weight is 447 g/mol. The van der Waals surface area contributed by atoms with Crippen molar-refractivity contribution in [3.8, 4) is 0 Å². The lowest BCUT2D eigenvalue weighted by molar-refractivity contribution is -0.116. The first-order chi connectivity index (χ1) is 14.5. The van der Waals surface area contributed by atoms with E-state index in [9.17, 15) is 9.18 Å². The van der Waals surface area contributed by atoms with E-state index in [1.54, 1.807) is 0 Å². The zero-order valence-corrected chi connectivity index (χ0v) is 17.4. The van der Waals surface area contributed by atoms with Gasteiger partial charge in [-0.25, -0.2) is 9.37 Å². The third-order valence-electron chi connectivity index (χ3n) is 4.13. The molecule has 0 radical (unpaired) electrons. The van der Waals surface area contributed by atoms with Crippen LogP contribution in [0, 0.1) is 12.7 Å².